The Kier molecular flexibility index (Phi) is 4.83. The summed E-state index contributed by atoms with van der Waals surface area (Å²) < 4.78 is 0. The molecular weight excluding hydrogens is 220 g/mol. The highest BCUT2D eigenvalue weighted by atomic mass is 32.2. The predicted molar refractivity (Wildman–Crippen MR) is 68.5 cm³/mol. The molecule has 1 unspecified atom stereocenters. The van der Waals surface area contributed by atoms with E-state index in [0.29, 0.717) is 6.42 Å². The van der Waals surface area contributed by atoms with Gasteiger partial charge in [-0.25, -0.2) is 0 Å². The fourth-order valence-corrected chi connectivity index (χ4v) is 1.75. The molecule has 1 atom stereocenters. The van der Waals surface area contributed by atoms with Gasteiger partial charge in [-0.3, -0.25) is 4.79 Å². The van der Waals surface area contributed by atoms with Crippen LogP contribution in [0.3, 0.4) is 0 Å². The van der Waals surface area contributed by atoms with Gasteiger partial charge < -0.3 is 10.6 Å². The summed E-state index contributed by atoms with van der Waals surface area (Å²) in [4.78, 5) is 14.3. The predicted octanol–water partition coefficient (Wildman–Crippen LogP) is 1.89. The van der Waals surface area contributed by atoms with Crippen molar-refractivity contribution >= 4 is 17.7 Å². The van der Waals surface area contributed by atoms with Crippen molar-refractivity contribution in [2.75, 3.05) is 20.4 Å². The lowest BCUT2D eigenvalue weighted by atomic mass is 10.0. The molecule has 3 nitrogen and oxygen atoms in total. The van der Waals surface area contributed by atoms with E-state index in [4.69, 9.17) is 5.73 Å². The van der Waals surface area contributed by atoms with Gasteiger partial charge in [0.2, 0.25) is 5.91 Å². The molecule has 0 heterocycles. The molecule has 1 rings (SSSR count). The first-order valence-electron chi connectivity index (χ1n) is 5.14. The van der Waals surface area contributed by atoms with E-state index < -0.39 is 0 Å². The maximum Gasteiger partial charge on any atom is 0.223 e. The van der Waals surface area contributed by atoms with Crippen molar-refractivity contribution in [2.24, 2.45) is 5.73 Å². The molecular formula is C12H18N2OS. The number of nitrogens with zero attached hydrogens (tertiary/aromatic N) is 1. The van der Waals surface area contributed by atoms with Crippen LogP contribution in [0.5, 0.6) is 0 Å². The topological polar surface area (TPSA) is 46.3 Å². The van der Waals surface area contributed by atoms with Crippen LogP contribution in [-0.2, 0) is 4.79 Å². The molecule has 0 saturated heterocycles. The van der Waals surface area contributed by atoms with Gasteiger partial charge in [0.1, 0.15) is 0 Å². The van der Waals surface area contributed by atoms with Crippen LogP contribution in [0, 0.1) is 0 Å². The van der Waals surface area contributed by atoms with Gasteiger partial charge in [-0.15, -0.1) is 11.8 Å². The number of nitrogens with two attached hydrogens (primary N) is 1. The van der Waals surface area contributed by atoms with Crippen molar-refractivity contribution in [3.8, 4) is 0 Å². The molecule has 4 heteroatoms. The maximum absolute atomic E-state index is 11.5. The standard InChI is InChI=1S/C12H18N2OS/c1-14(2)12(15)8-11(13)9-4-6-10(16-3)7-5-9/h4-7,11H,8,13H2,1-3H3. The molecule has 0 fully saturated rings. The van der Waals surface area contributed by atoms with E-state index in [1.54, 1.807) is 30.8 Å². The normalized spacial score (nSPS) is 12.2. The first kappa shape index (κ1) is 13.1. The zero-order valence-corrected chi connectivity index (χ0v) is 10.8. The van der Waals surface area contributed by atoms with Crippen LogP contribution >= 0.6 is 11.8 Å². The van der Waals surface area contributed by atoms with Crippen LogP contribution in [0.2, 0.25) is 0 Å². The molecule has 1 aromatic carbocycles. The summed E-state index contributed by atoms with van der Waals surface area (Å²) in [6.07, 6.45) is 2.39. The second-order valence-electron chi connectivity index (χ2n) is 3.87. The number of hydrogen-bond acceptors (Lipinski definition) is 3. The molecule has 0 bridgehead atoms. The Hall–Kier alpha value is -1.00. The van der Waals surface area contributed by atoms with Gasteiger partial charge in [0, 0.05) is 31.5 Å². The van der Waals surface area contributed by atoms with Crippen LogP contribution in [-0.4, -0.2) is 31.2 Å². The van der Waals surface area contributed by atoms with Crippen LogP contribution in [0.1, 0.15) is 18.0 Å². The molecule has 88 valence electrons. The van der Waals surface area contributed by atoms with Crippen molar-refractivity contribution < 1.29 is 4.79 Å². The average Bonchev–Trinajstić information content (AvgIpc) is 2.28. The largest absolute Gasteiger partial charge is 0.349 e. The summed E-state index contributed by atoms with van der Waals surface area (Å²) in [5.41, 5.74) is 6.98. The Morgan fingerprint density at radius 3 is 2.38 bits per heavy atom. The first-order valence-corrected chi connectivity index (χ1v) is 6.36. The molecule has 0 aliphatic carbocycles. The van der Waals surface area contributed by atoms with E-state index in [1.165, 1.54) is 4.90 Å². The molecule has 16 heavy (non-hydrogen) atoms. The SMILES string of the molecule is CSc1ccc(C(N)CC(=O)N(C)C)cc1. The van der Waals surface area contributed by atoms with E-state index in [2.05, 4.69) is 0 Å². The summed E-state index contributed by atoms with van der Waals surface area (Å²) in [6.45, 7) is 0. The van der Waals surface area contributed by atoms with Crippen molar-refractivity contribution in [1.82, 2.24) is 4.90 Å². The number of benzene rings is 1. The monoisotopic (exact) mass is 238 g/mol. The van der Waals surface area contributed by atoms with Crippen molar-refractivity contribution in [1.29, 1.82) is 0 Å². The maximum atomic E-state index is 11.5. The molecule has 0 aliphatic heterocycles. The fourth-order valence-electron chi connectivity index (χ4n) is 1.34. The number of rotatable bonds is 4. The van der Waals surface area contributed by atoms with E-state index >= 15 is 0 Å². The minimum absolute atomic E-state index is 0.0569. The second kappa shape index (κ2) is 5.92. The number of carbonyl (C=O) groups is 1. The average molecular weight is 238 g/mol. The highest BCUT2D eigenvalue weighted by Gasteiger charge is 2.12. The van der Waals surface area contributed by atoms with E-state index in [0.717, 1.165) is 5.56 Å². The third kappa shape index (κ3) is 3.54. The smallest absolute Gasteiger partial charge is 0.223 e. The van der Waals surface area contributed by atoms with Gasteiger partial charge in [0.15, 0.2) is 0 Å². The Balaban J connectivity index is 2.65. The summed E-state index contributed by atoms with van der Waals surface area (Å²) in [5.74, 6) is 0.0569. The van der Waals surface area contributed by atoms with E-state index in [1.807, 2.05) is 30.5 Å². The Morgan fingerprint density at radius 1 is 1.38 bits per heavy atom. The highest BCUT2D eigenvalue weighted by molar-refractivity contribution is 7.98. The molecule has 0 aromatic heterocycles. The number of amides is 1. The number of carbonyl (C=O) groups excluding carboxylic acids is 1. The molecule has 2 N–H and O–H groups in total. The molecule has 0 spiro atoms. The van der Waals surface area contributed by atoms with Gasteiger partial charge in [-0.1, -0.05) is 12.1 Å². The lowest BCUT2D eigenvalue weighted by molar-refractivity contribution is -0.129. The van der Waals surface area contributed by atoms with E-state index in [-0.39, 0.29) is 11.9 Å². The lowest BCUT2D eigenvalue weighted by Gasteiger charge is -2.15. The van der Waals surface area contributed by atoms with Gasteiger partial charge in [0.25, 0.3) is 0 Å². The quantitative estimate of drug-likeness (QED) is 0.815. The minimum Gasteiger partial charge on any atom is -0.349 e. The first-order chi connectivity index (χ1) is 7.54. The molecule has 1 aromatic rings. The molecule has 0 radical (unpaired) electrons. The van der Waals surface area contributed by atoms with Crippen LogP contribution in [0.4, 0.5) is 0 Å². The third-order valence-electron chi connectivity index (χ3n) is 2.44. The third-order valence-corrected chi connectivity index (χ3v) is 3.18. The van der Waals surface area contributed by atoms with Crippen LogP contribution < -0.4 is 5.73 Å². The van der Waals surface area contributed by atoms with Crippen molar-refractivity contribution in [3.05, 3.63) is 29.8 Å². The Bertz CT molecular complexity index is 349. The fraction of sp³-hybridized carbons (Fsp3) is 0.417. The van der Waals surface area contributed by atoms with Gasteiger partial charge in [-0.2, -0.15) is 0 Å². The Morgan fingerprint density at radius 2 is 1.94 bits per heavy atom. The molecule has 0 aliphatic rings. The highest BCUT2D eigenvalue weighted by Crippen LogP contribution is 2.19. The lowest BCUT2D eigenvalue weighted by Crippen LogP contribution is -2.26. The summed E-state index contributed by atoms with van der Waals surface area (Å²) in [5, 5.41) is 0. The van der Waals surface area contributed by atoms with Crippen LogP contribution in [0.15, 0.2) is 29.2 Å². The summed E-state index contributed by atoms with van der Waals surface area (Å²) >= 11 is 1.69. The van der Waals surface area contributed by atoms with Crippen molar-refractivity contribution in [2.45, 2.75) is 17.4 Å². The number of hydrogen-bond donors (Lipinski definition) is 1. The van der Waals surface area contributed by atoms with Gasteiger partial charge >= 0.3 is 0 Å². The summed E-state index contributed by atoms with van der Waals surface area (Å²) in [6, 6.07) is 7.81. The zero-order valence-electron chi connectivity index (χ0n) is 9.93. The van der Waals surface area contributed by atoms with E-state index in [9.17, 15) is 4.79 Å². The van der Waals surface area contributed by atoms with Crippen LogP contribution in [0.25, 0.3) is 0 Å². The molecule has 1 amide bonds. The zero-order chi connectivity index (χ0) is 12.1. The number of thioether (sulfide) groups is 1. The minimum atomic E-state index is -0.217. The van der Waals surface area contributed by atoms with Gasteiger partial charge in [0.05, 0.1) is 0 Å². The summed E-state index contributed by atoms with van der Waals surface area (Å²) in [7, 11) is 3.48. The Labute approximate surface area is 101 Å². The second-order valence-corrected chi connectivity index (χ2v) is 4.75. The van der Waals surface area contributed by atoms with Gasteiger partial charge in [-0.05, 0) is 24.0 Å². The molecule has 0 saturated carbocycles. The van der Waals surface area contributed by atoms with Crippen molar-refractivity contribution in [3.63, 3.8) is 0 Å².